The molecule has 0 amide bonds. The van der Waals surface area contributed by atoms with Gasteiger partial charge in [-0.05, 0) is 68.0 Å². The van der Waals surface area contributed by atoms with Gasteiger partial charge in [-0.25, -0.2) is 0 Å². The van der Waals surface area contributed by atoms with Crippen LogP contribution in [-0.2, 0) is 0 Å². The fraction of sp³-hybridized carbons (Fsp3) is 0.538. The second-order valence-electron chi connectivity index (χ2n) is 4.29. The Morgan fingerprint density at radius 2 is 1.20 bits per heavy atom. The monoisotopic (exact) mass is 207 g/mol. The molecule has 84 valence electrons. The molecule has 15 heavy (non-hydrogen) atoms. The van der Waals surface area contributed by atoms with Gasteiger partial charge >= 0.3 is 0 Å². The Morgan fingerprint density at radius 1 is 0.867 bits per heavy atom. The maximum absolute atomic E-state index is 9.91. The molecule has 0 bridgehead atoms. The summed E-state index contributed by atoms with van der Waals surface area (Å²) in [6.07, 6.45) is -0.539. The highest BCUT2D eigenvalue weighted by molar-refractivity contribution is 5.50. The lowest BCUT2D eigenvalue weighted by atomic mass is 9.87. The molecule has 1 rings (SSSR count). The third-order valence-corrected chi connectivity index (χ3v) is 3.61. The number of rotatable bonds is 2. The molecule has 0 aromatic heterocycles. The van der Waals surface area contributed by atoms with Gasteiger partial charge in [0, 0.05) is 6.54 Å². The van der Waals surface area contributed by atoms with Gasteiger partial charge in [0.25, 0.3) is 0 Å². The summed E-state index contributed by atoms with van der Waals surface area (Å²) in [6, 6.07) is 0. The second kappa shape index (κ2) is 4.33. The maximum Gasteiger partial charge on any atom is 0.0917 e. The Morgan fingerprint density at radius 3 is 1.53 bits per heavy atom. The predicted molar refractivity (Wildman–Crippen MR) is 64.1 cm³/mol. The van der Waals surface area contributed by atoms with E-state index in [0.29, 0.717) is 0 Å². The highest BCUT2D eigenvalue weighted by atomic mass is 16.3. The summed E-state index contributed by atoms with van der Waals surface area (Å²) >= 11 is 0. The Kier molecular flexibility index (Phi) is 3.53. The number of aliphatic hydroxyl groups is 1. The summed E-state index contributed by atoms with van der Waals surface area (Å²) in [4.78, 5) is 0. The third-order valence-electron chi connectivity index (χ3n) is 3.61. The van der Waals surface area contributed by atoms with E-state index in [9.17, 15) is 5.11 Å². The molecule has 2 heteroatoms. The molecule has 0 aliphatic heterocycles. The van der Waals surface area contributed by atoms with E-state index in [4.69, 9.17) is 5.73 Å². The first-order valence-electron chi connectivity index (χ1n) is 5.36. The van der Waals surface area contributed by atoms with Crippen LogP contribution in [0.1, 0.15) is 39.5 Å². The summed E-state index contributed by atoms with van der Waals surface area (Å²) in [6.45, 7) is 10.7. The third kappa shape index (κ3) is 1.92. The van der Waals surface area contributed by atoms with Crippen molar-refractivity contribution in [3.63, 3.8) is 0 Å². The number of benzene rings is 1. The molecule has 0 radical (unpaired) electrons. The predicted octanol–water partition coefficient (Wildman–Crippen LogP) is 2.22. The second-order valence-corrected chi connectivity index (χ2v) is 4.29. The molecule has 1 atom stereocenters. The molecule has 0 unspecified atom stereocenters. The lowest BCUT2D eigenvalue weighted by Crippen LogP contribution is -2.16. The molecule has 2 nitrogen and oxygen atoms in total. The van der Waals surface area contributed by atoms with Crippen LogP contribution < -0.4 is 5.73 Å². The van der Waals surface area contributed by atoms with Gasteiger partial charge in [-0.2, -0.15) is 0 Å². The van der Waals surface area contributed by atoms with Gasteiger partial charge in [0.05, 0.1) is 6.10 Å². The van der Waals surface area contributed by atoms with E-state index in [1.165, 1.54) is 27.8 Å². The Hall–Kier alpha value is -0.860. The minimum absolute atomic E-state index is 0.281. The molecule has 3 N–H and O–H groups in total. The highest BCUT2D eigenvalue weighted by Gasteiger charge is 2.17. The minimum atomic E-state index is -0.539. The van der Waals surface area contributed by atoms with Crippen LogP contribution in [0.2, 0.25) is 0 Å². The number of aliphatic hydroxyl groups excluding tert-OH is 1. The van der Waals surface area contributed by atoms with Crippen LogP contribution in [0.25, 0.3) is 0 Å². The molecule has 0 saturated carbocycles. The molecule has 0 fully saturated rings. The van der Waals surface area contributed by atoms with Crippen molar-refractivity contribution in [3.8, 4) is 0 Å². The van der Waals surface area contributed by atoms with Crippen LogP contribution in [0.3, 0.4) is 0 Å². The zero-order valence-corrected chi connectivity index (χ0v) is 10.3. The normalized spacial score (nSPS) is 13.0. The fourth-order valence-electron chi connectivity index (χ4n) is 2.15. The van der Waals surface area contributed by atoms with Crippen molar-refractivity contribution in [2.75, 3.05) is 6.54 Å². The molecule has 1 aromatic carbocycles. The highest BCUT2D eigenvalue weighted by Crippen LogP contribution is 2.29. The molecular formula is C13H21NO. The topological polar surface area (TPSA) is 46.2 Å². The van der Waals surface area contributed by atoms with E-state index >= 15 is 0 Å². The van der Waals surface area contributed by atoms with Crippen molar-refractivity contribution in [1.29, 1.82) is 0 Å². The first-order chi connectivity index (χ1) is 6.91. The van der Waals surface area contributed by atoms with Crippen LogP contribution >= 0.6 is 0 Å². The summed E-state index contributed by atoms with van der Waals surface area (Å²) in [5.74, 6) is 0. The van der Waals surface area contributed by atoms with Gasteiger partial charge in [-0.15, -0.1) is 0 Å². The molecule has 1 aromatic rings. The van der Waals surface area contributed by atoms with E-state index in [1.54, 1.807) is 0 Å². The van der Waals surface area contributed by atoms with E-state index < -0.39 is 6.10 Å². The minimum Gasteiger partial charge on any atom is -0.387 e. The Balaban J connectivity index is 3.52. The zero-order valence-electron chi connectivity index (χ0n) is 10.3. The zero-order chi connectivity index (χ0) is 11.7. The molecular weight excluding hydrogens is 186 g/mol. The van der Waals surface area contributed by atoms with Crippen LogP contribution in [0.15, 0.2) is 0 Å². The van der Waals surface area contributed by atoms with Crippen LogP contribution in [0.5, 0.6) is 0 Å². The Labute approximate surface area is 92.1 Å². The number of nitrogens with two attached hydrogens (primary N) is 1. The summed E-state index contributed by atoms with van der Waals surface area (Å²) in [7, 11) is 0. The summed E-state index contributed by atoms with van der Waals surface area (Å²) < 4.78 is 0. The van der Waals surface area contributed by atoms with Crippen molar-refractivity contribution in [2.24, 2.45) is 5.73 Å². The van der Waals surface area contributed by atoms with Gasteiger partial charge in [0.1, 0.15) is 0 Å². The van der Waals surface area contributed by atoms with Crippen LogP contribution in [-0.4, -0.2) is 11.7 Å². The van der Waals surface area contributed by atoms with Crippen molar-refractivity contribution < 1.29 is 5.11 Å². The molecule has 0 spiro atoms. The Bertz CT molecular complexity index is 354. The van der Waals surface area contributed by atoms with Crippen molar-refractivity contribution in [2.45, 2.75) is 40.7 Å². The lowest BCUT2D eigenvalue weighted by molar-refractivity contribution is 0.185. The van der Waals surface area contributed by atoms with E-state index in [0.717, 1.165) is 5.56 Å². The largest absolute Gasteiger partial charge is 0.387 e. The van der Waals surface area contributed by atoms with Crippen molar-refractivity contribution in [1.82, 2.24) is 0 Å². The molecule has 0 aliphatic rings. The van der Waals surface area contributed by atoms with E-state index in [2.05, 4.69) is 34.6 Å². The standard InChI is InChI=1S/C13H21NO/c1-7-8(2)10(4)13(12(15)6-14)11(5)9(7)3/h12,15H,6,14H2,1-5H3/t12-/m0/s1. The van der Waals surface area contributed by atoms with Crippen molar-refractivity contribution >= 4 is 0 Å². The van der Waals surface area contributed by atoms with Gasteiger partial charge < -0.3 is 10.8 Å². The molecule has 0 heterocycles. The molecule has 0 saturated heterocycles. The summed E-state index contributed by atoms with van der Waals surface area (Å²) in [5.41, 5.74) is 12.7. The number of hydrogen-bond acceptors (Lipinski definition) is 2. The SMILES string of the molecule is Cc1c(C)c(C)c([C@@H](O)CN)c(C)c1C. The smallest absolute Gasteiger partial charge is 0.0917 e. The first kappa shape index (κ1) is 12.2. The van der Waals surface area contributed by atoms with E-state index in [1.807, 2.05) is 0 Å². The first-order valence-corrected chi connectivity index (χ1v) is 5.36. The van der Waals surface area contributed by atoms with Gasteiger partial charge in [0.2, 0.25) is 0 Å². The van der Waals surface area contributed by atoms with Crippen LogP contribution in [0.4, 0.5) is 0 Å². The average Bonchev–Trinajstić information content (AvgIpc) is 2.23. The van der Waals surface area contributed by atoms with Crippen LogP contribution in [0, 0.1) is 34.6 Å². The van der Waals surface area contributed by atoms with Gasteiger partial charge in [-0.3, -0.25) is 0 Å². The van der Waals surface area contributed by atoms with E-state index in [-0.39, 0.29) is 6.54 Å². The van der Waals surface area contributed by atoms with Gasteiger partial charge in [0.15, 0.2) is 0 Å². The molecule has 0 aliphatic carbocycles. The number of hydrogen-bond donors (Lipinski definition) is 2. The maximum atomic E-state index is 9.91. The fourth-order valence-corrected chi connectivity index (χ4v) is 2.15. The lowest BCUT2D eigenvalue weighted by Gasteiger charge is -2.21. The quantitative estimate of drug-likeness (QED) is 0.781. The average molecular weight is 207 g/mol. The summed E-state index contributed by atoms with van der Waals surface area (Å²) in [5, 5.41) is 9.91. The van der Waals surface area contributed by atoms with Crippen molar-refractivity contribution in [3.05, 3.63) is 33.4 Å². The van der Waals surface area contributed by atoms with Gasteiger partial charge in [-0.1, -0.05) is 0 Å².